The molecule has 0 aliphatic carbocycles. The molecule has 0 radical (unpaired) electrons. The second kappa shape index (κ2) is 4.06. The van der Waals surface area contributed by atoms with Crippen LogP contribution in [-0.2, 0) is 0 Å². The van der Waals surface area contributed by atoms with Crippen LogP contribution in [0, 0.1) is 11.6 Å². The summed E-state index contributed by atoms with van der Waals surface area (Å²) in [5.74, 6) is -1.32. The molecule has 0 saturated heterocycles. The molecule has 0 bridgehead atoms. The highest BCUT2D eigenvalue weighted by molar-refractivity contribution is 6.30. The van der Waals surface area contributed by atoms with Crippen molar-refractivity contribution in [3.8, 4) is 11.1 Å². The largest absolute Gasteiger partial charge is 0.381 e. The van der Waals surface area contributed by atoms with E-state index in [2.05, 4.69) is 4.98 Å². The van der Waals surface area contributed by atoms with Crippen LogP contribution >= 0.6 is 11.6 Å². The molecule has 2 N–H and O–H groups in total. The molecular weight excluding hydrogens is 234 g/mol. The quantitative estimate of drug-likeness (QED) is 0.831. The van der Waals surface area contributed by atoms with Gasteiger partial charge in [0, 0.05) is 16.8 Å². The van der Waals surface area contributed by atoms with Crippen LogP contribution < -0.4 is 5.73 Å². The molecular formula is C11H7ClF2N2. The maximum Gasteiger partial charge on any atom is 0.165 e. The number of nitrogens with zero attached hydrogens (tertiary/aromatic N) is 1. The fourth-order valence-electron chi connectivity index (χ4n) is 1.33. The average Bonchev–Trinajstić information content (AvgIpc) is 2.20. The predicted molar refractivity (Wildman–Crippen MR) is 59.0 cm³/mol. The Morgan fingerprint density at radius 2 is 1.81 bits per heavy atom. The first-order valence-electron chi connectivity index (χ1n) is 4.44. The number of anilines is 1. The summed E-state index contributed by atoms with van der Waals surface area (Å²) in [6, 6.07) is 5.13. The molecule has 2 aromatic rings. The van der Waals surface area contributed by atoms with Gasteiger partial charge in [-0.3, -0.25) is 0 Å². The summed E-state index contributed by atoms with van der Waals surface area (Å²) in [6.07, 6.45) is 1.36. The minimum atomic E-state index is -0.641. The standard InChI is InChI=1S/C11H7ClF2N2/c12-8-1-6(2-9(13)4-8)7-3-10(14)11(15)16-5-7/h1-5H,(H2,15,16). The summed E-state index contributed by atoms with van der Waals surface area (Å²) in [5, 5.41) is 0.243. The Labute approximate surface area is 95.7 Å². The summed E-state index contributed by atoms with van der Waals surface area (Å²) < 4.78 is 26.2. The van der Waals surface area contributed by atoms with Crippen molar-refractivity contribution < 1.29 is 8.78 Å². The summed E-state index contributed by atoms with van der Waals surface area (Å²) in [6.45, 7) is 0. The number of hydrogen-bond donors (Lipinski definition) is 1. The lowest BCUT2D eigenvalue weighted by molar-refractivity contribution is 0.625. The molecule has 1 aromatic heterocycles. The summed E-state index contributed by atoms with van der Waals surface area (Å²) in [4.78, 5) is 3.65. The number of rotatable bonds is 1. The Bertz CT molecular complexity index is 523. The molecule has 0 atom stereocenters. The van der Waals surface area contributed by atoms with E-state index in [0.29, 0.717) is 11.1 Å². The van der Waals surface area contributed by atoms with Gasteiger partial charge in [0.2, 0.25) is 0 Å². The van der Waals surface area contributed by atoms with Crippen molar-refractivity contribution in [3.05, 3.63) is 47.1 Å². The van der Waals surface area contributed by atoms with Crippen LogP contribution in [0.4, 0.5) is 14.6 Å². The van der Waals surface area contributed by atoms with Gasteiger partial charge in [0.05, 0.1) is 0 Å². The van der Waals surface area contributed by atoms with Gasteiger partial charge in [-0.2, -0.15) is 0 Å². The van der Waals surface area contributed by atoms with Crippen LogP contribution in [0.1, 0.15) is 0 Å². The van der Waals surface area contributed by atoms with Crippen molar-refractivity contribution >= 4 is 17.4 Å². The number of hydrogen-bond acceptors (Lipinski definition) is 2. The number of pyridine rings is 1. The van der Waals surface area contributed by atoms with E-state index in [4.69, 9.17) is 17.3 Å². The molecule has 1 aromatic carbocycles. The van der Waals surface area contributed by atoms with Crippen molar-refractivity contribution in [3.63, 3.8) is 0 Å². The monoisotopic (exact) mass is 240 g/mol. The topological polar surface area (TPSA) is 38.9 Å². The minimum absolute atomic E-state index is 0.189. The average molecular weight is 241 g/mol. The zero-order valence-electron chi connectivity index (χ0n) is 8.05. The molecule has 0 aliphatic rings. The highest BCUT2D eigenvalue weighted by atomic mass is 35.5. The molecule has 0 aliphatic heterocycles. The van der Waals surface area contributed by atoms with Gasteiger partial charge in [0.15, 0.2) is 11.6 Å². The van der Waals surface area contributed by atoms with E-state index in [0.717, 1.165) is 0 Å². The third-order valence-electron chi connectivity index (χ3n) is 2.07. The lowest BCUT2D eigenvalue weighted by atomic mass is 10.1. The first kappa shape index (κ1) is 10.8. The van der Waals surface area contributed by atoms with E-state index in [1.54, 1.807) is 0 Å². The van der Waals surface area contributed by atoms with Crippen molar-refractivity contribution in [2.24, 2.45) is 0 Å². The zero-order valence-corrected chi connectivity index (χ0v) is 8.80. The molecule has 0 unspecified atom stereocenters. The highest BCUT2D eigenvalue weighted by Gasteiger charge is 2.06. The van der Waals surface area contributed by atoms with Gasteiger partial charge in [-0.05, 0) is 29.8 Å². The van der Waals surface area contributed by atoms with Gasteiger partial charge in [-0.1, -0.05) is 11.6 Å². The second-order valence-electron chi connectivity index (χ2n) is 3.25. The first-order chi connectivity index (χ1) is 7.56. The van der Waals surface area contributed by atoms with Crippen molar-refractivity contribution in [2.45, 2.75) is 0 Å². The number of nitrogen functional groups attached to an aromatic ring is 1. The van der Waals surface area contributed by atoms with E-state index < -0.39 is 11.6 Å². The molecule has 0 spiro atoms. The van der Waals surface area contributed by atoms with Crippen LogP contribution in [0.2, 0.25) is 5.02 Å². The molecule has 0 amide bonds. The van der Waals surface area contributed by atoms with Crippen molar-refractivity contribution in [1.29, 1.82) is 0 Å². The van der Waals surface area contributed by atoms with Gasteiger partial charge in [-0.25, -0.2) is 13.8 Å². The van der Waals surface area contributed by atoms with Crippen LogP contribution in [0.5, 0.6) is 0 Å². The number of aromatic nitrogens is 1. The molecule has 2 rings (SSSR count). The van der Waals surface area contributed by atoms with E-state index >= 15 is 0 Å². The molecule has 82 valence electrons. The SMILES string of the molecule is Nc1ncc(-c2cc(F)cc(Cl)c2)cc1F. The molecule has 16 heavy (non-hydrogen) atoms. The van der Waals surface area contributed by atoms with Crippen LogP contribution in [-0.4, -0.2) is 4.98 Å². The lowest BCUT2D eigenvalue weighted by Gasteiger charge is -2.03. The minimum Gasteiger partial charge on any atom is -0.381 e. The number of nitrogens with two attached hydrogens (primary N) is 1. The first-order valence-corrected chi connectivity index (χ1v) is 4.81. The third kappa shape index (κ3) is 2.12. The third-order valence-corrected chi connectivity index (χ3v) is 2.28. The van der Waals surface area contributed by atoms with E-state index in [9.17, 15) is 8.78 Å². The van der Waals surface area contributed by atoms with E-state index in [-0.39, 0.29) is 10.8 Å². The zero-order chi connectivity index (χ0) is 11.7. The van der Waals surface area contributed by atoms with Gasteiger partial charge < -0.3 is 5.73 Å². The van der Waals surface area contributed by atoms with Crippen molar-refractivity contribution in [1.82, 2.24) is 4.98 Å². The second-order valence-corrected chi connectivity index (χ2v) is 3.69. The fraction of sp³-hybridized carbons (Fsp3) is 0. The molecule has 0 fully saturated rings. The highest BCUT2D eigenvalue weighted by Crippen LogP contribution is 2.25. The normalized spacial score (nSPS) is 10.4. The van der Waals surface area contributed by atoms with Gasteiger partial charge in [-0.15, -0.1) is 0 Å². The Morgan fingerprint density at radius 3 is 2.44 bits per heavy atom. The van der Waals surface area contributed by atoms with Crippen LogP contribution in [0.25, 0.3) is 11.1 Å². The van der Waals surface area contributed by atoms with Gasteiger partial charge in [0.25, 0.3) is 0 Å². The van der Waals surface area contributed by atoms with Crippen LogP contribution in [0.15, 0.2) is 30.5 Å². The van der Waals surface area contributed by atoms with Crippen molar-refractivity contribution in [2.75, 3.05) is 5.73 Å². The Morgan fingerprint density at radius 1 is 1.06 bits per heavy atom. The fourth-order valence-corrected chi connectivity index (χ4v) is 1.55. The van der Waals surface area contributed by atoms with E-state index in [1.807, 2.05) is 0 Å². The summed E-state index contributed by atoms with van der Waals surface area (Å²) in [5.41, 5.74) is 6.12. The smallest absolute Gasteiger partial charge is 0.165 e. The van der Waals surface area contributed by atoms with Gasteiger partial charge >= 0.3 is 0 Å². The van der Waals surface area contributed by atoms with E-state index in [1.165, 1.54) is 30.5 Å². The molecule has 2 nitrogen and oxygen atoms in total. The molecule has 0 saturated carbocycles. The van der Waals surface area contributed by atoms with Crippen LogP contribution in [0.3, 0.4) is 0 Å². The summed E-state index contributed by atoms with van der Waals surface area (Å²) in [7, 11) is 0. The maximum absolute atomic E-state index is 13.2. The maximum atomic E-state index is 13.2. The Balaban J connectivity index is 2.54. The molecule has 1 heterocycles. The Kier molecular flexibility index (Phi) is 2.75. The Hall–Kier alpha value is -1.68. The predicted octanol–water partition coefficient (Wildman–Crippen LogP) is 3.26. The number of benzene rings is 1. The summed E-state index contributed by atoms with van der Waals surface area (Å²) >= 11 is 5.69. The lowest BCUT2D eigenvalue weighted by Crippen LogP contribution is -1.95. The molecule has 5 heteroatoms. The number of halogens is 3. The van der Waals surface area contributed by atoms with Gasteiger partial charge in [0.1, 0.15) is 5.82 Å².